The molecule has 1 N–H and O–H groups in total. The highest BCUT2D eigenvalue weighted by Gasteiger charge is 2.21. The van der Waals surface area contributed by atoms with Crippen molar-refractivity contribution in [1.29, 1.82) is 0 Å². The quantitative estimate of drug-likeness (QED) is 0.454. The molecule has 10 nitrogen and oxygen atoms in total. The molecule has 1 aromatic carbocycles. The monoisotopic (exact) mass is 486 g/mol. The molecule has 0 radical (unpaired) electrons. The highest BCUT2D eigenvalue weighted by Crippen LogP contribution is 2.16. The number of fused-ring (bicyclic) bond motifs is 1. The van der Waals surface area contributed by atoms with Crippen molar-refractivity contribution >= 4 is 27.5 Å². The Balaban J connectivity index is 1.56. The number of amides is 1. The van der Waals surface area contributed by atoms with Crippen molar-refractivity contribution < 1.29 is 22.7 Å². The first-order valence-corrected chi connectivity index (χ1v) is 12.1. The third-order valence-electron chi connectivity index (χ3n) is 5.09. The summed E-state index contributed by atoms with van der Waals surface area (Å²) in [5, 5.41) is 2.43. The van der Waals surface area contributed by atoms with Gasteiger partial charge in [-0.1, -0.05) is 19.9 Å². The summed E-state index contributed by atoms with van der Waals surface area (Å²) in [5.74, 6) is -1.26. The Bertz CT molecular complexity index is 1360. The van der Waals surface area contributed by atoms with E-state index in [0.29, 0.717) is 24.4 Å². The van der Waals surface area contributed by atoms with Crippen LogP contribution in [0.15, 0.2) is 58.4 Å². The average molecular weight is 487 g/mol. The van der Waals surface area contributed by atoms with E-state index in [1.54, 1.807) is 26.1 Å². The number of nitrogens with zero attached hydrogens (tertiary/aromatic N) is 3. The Morgan fingerprint density at radius 2 is 1.76 bits per heavy atom. The fourth-order valence-electron chi connectivity index (χ4n) is 3.28. The molecular formula is C23H26N4O6S. The lowest BCUT2D eigenvalue weighted by Crippen LogP contribution is -2.31. The number of pyridine rings is 1. The highest BCUT2D eigenvalue weighted by atomic mass is 32.2. The third kappa shape index (κ3) is 5.67. The van der Waals surface area contributed by atoms with E-state index in [9.17, 15) is 22.8 Å². The smallest absolute Gasteiger partial charge is 0.325 e. The van der Waals surface area contributed by atoms with Gasteiger partial charge >= 0.3 is 5.97 Å². The van der Waals surface area contributed by atoms with Gasteiger partial charge in [0, 0.05) is 30.9 Å². The number of sulfonamides is 1. The van der Waals surface area contributed by atoms with Crippen molar-refractivity contribution in [2.24, 2.45) is 0 Å². The van der Waals surface area contributed by atoms with E-state index >= 15 is 0 Å². The van der Waals surface area contributed by atoms with Gasteiger partial charge in [0.2, 0.25) is 10.0 Å². The van der Waals surface area contributed by atoms with Gasteiger partial charge in [0.25, 0.3) is 11.5 Å². The zero-order valence-corrected chi connectivity index (χ0v) is 20.0. The number of aromatic nitrogens is 2. The molecule has 0 aliphatic rings. The molecule has 0 saturated carbocycles. The van der Waals surface area contributed by atoms with Gasteiger partial charge in [-0.05, 0) is 42.8 Å². The van der Waals surface area contributed by atoms with E-state index in [-0.39, 0.29) is 22.6 Å². The summed E-state index contributed by atoms with van der Waals surface area (Å²) >= 11 is 0. The van der Waals surface area contributed by atoms with Crippen LogP contribution in [-0.4, -0.2) is 53.6 Å². The number of esters is 1. The normalized spacial score (nSPS) is 11.5. The predicted molar refractivity (Wildman–Crippen MR) is 125 cm³/mol. The van der Waals surface area contributed by atoms with Gasteiger partial charge in [-0.15, -0.1) is 0 Å². The highest BCUT2D eigenvalue weighted by molar-refractivity contribution is 7.89. The second-order valence-electron chi connectivity index (χ2n) is 7.48. The minimum Gasteiger partial charge on any atom is -0.458 e. The molecule has 2 heterocycles. The Labute approximate surface area is 197 Å². The zero-order valence-electron chi connectivity index (χ0n) is 19.1. The molecule has 1 amide bonds. The Morgan fingerprint density at radius 1 is 1.09 bits per heavy atom. The molecule has 0 aliphatic heterocycles. The first kappa shape index (κ1) is 25.1. The molecule has 0 bridgehead atoms. The fraction of sp³-hybridized carbons (Fsp3) is 0.304. The Kier molecular flexibility index (Phi) is 7.79. The molecule has 180 valence electrons. The van der Waals surface area contributed by atoms with Crippen LogP contribution in [0, 0.1) is 6.92 Å². The summed E-state index contributed by atoms with van der Waals surface area (Å²) in [7, 11) is -3.62. The van der Waals surface area contributed by atoms with Crippen LogP contribution in [0.2, 0.25) is 0 Å². The van der Waals surface area contributed by atoms with Crippen LogP contribution < -0.4 is 10.9 Å². The molecule has 34 heavy (non-hydrogen) atoms. The number of carbonyl (C=O) groups excluding carboxylic acids is 2. The van der Waals surface area contributed by atoms with E-state index in [1.165, 1.54) is 39.0 Å². The standard InChI is InChI=1S/C23H26N4O6S/c1-4-26(5-2)34(31,32)19-9-7-17(8-10-19)23(30)24-13-22(29)33-15-18-12-21(28)27-14-16(3)6-11-20(27)25-18/h6-12,14H,4-5,13,15H2,1-3H3,(H,24,30). The lowest BCUT2D eigenvalue weighted by Gasteiger charge is -2.18. The summed E-state index contributed by atoms with van der Waals surface area (Å²) in [6.07, 6.45) is 1.67. The van der Waals surface area contributed by atoms with Crippen LogP contribution in [0.1, 0.15) is 35.5 Å². The average Bonchev–Trinajstić information content (AvgIpc) is 2.82. The second-order valence-corrected chi connectivity index (χ2v) is 9.42. The maximum absolute atomic E-state index is 12.5. The van der Waals surface area contributed by atoms with Crippen molar-refractivity contribution in [3.8, 4) is 0 Å². The lowest BCUT2D eigenvalue weighted by molar-refractivity contribution is -0.143. The molecule has 0 fully saturated rings. The van der Waals surface area contributed by atoms with E-state index in [2.05, 4.69) is 10.3 Å². The summed E-state index contributed by atoms with van der Waals surface area (Å²) in [6.45, 7) is 5.42. The van der Waals surface area contributed by atoms with Crippen LogP contribution >= 0.6 is 0 Å². The molecule has 0 atom stereocenters. The van der Waals surface area contributed by atoms with Crippen molar-refractivity contribution in [3.05, 3.63) is 75.8 Å². The van der Waals surface area contributed by atoms with Gasteiger partial charge in [-0.25, -0.2) is 13.4 Å². The molecule has 2 aromatic heterocycles. The SMILES string of the molecule is CCN(CC)S(=O)(=O)c1ccc(C(=O)NCC(=O)OCc2cc(=O)n3cc(C)ccc3n2)cc1. The number of ether oxygens (including phenoxy) is 1. The van der Waals surface area contributed by atoms with Gasteiger partial charge in [0.1, 0.15) is 18.8 Å². The molecule has 0 unspecified atom stereocenters. The van der Waals surface area contributed by atoms with E-state index in [1.807, 2.05) is 13.0 Å². The maximum atomic E-state index is 12.5. The van der Waals surface area contributed by atoms with Crippen LogP contribution in [0.5, 0.6) is 0 Å². The predicted octanol–water partition coefficient (Wildman–Crippen LogP) is 1.51. The molecule has 0 spiro atoms. The number of carbonyl (C=O) groups is 2. The fourth-order valence-corrected chi connectivity index (χ4v) is 4.74. The van der Waals surface area contributed by atoms with Crippen LogP contribution in [-0.2, 0) is 26.2 Å². The largest absolute Gasteiger partial charge is 0.458 e. The van der Waals surface area contributed by atoms with Crippen molar-refractivity contribution in [3.63, 3.8) is 0 Å². The maximum Gasteiger partial charge on any atom is 0.325 e. The summed E-state index contributed by atoms with van der Waals surface area (Å²) < 4.78 is 32.9. The number of benzene rings is 1. The van der Waals surface area contributed by atoms with E-state index in [0.717, 1.165) is 5.56 Å². The topological polar surface area (TPSA) is 127 Å². The first-order valence-electron chi connectivity index (χ1n) is 10.7. The number of aryl methyl sites for hydroxylation is 1. The number of hydrogen-bond acceptors (Lipinski definition) is 7. The minimum absolute atomic E-state index is 0.0844. The van der Waals surface area contributed by atoms with Crippen molar-refractivity contribution in [2.45, 2.75) is 32.3 Å². The molecular weight excluding hydrogens is 460 g/mol. The number of rotatable bonds is 9. The van der Waals surface area contributed by atoms with Crippen LogP contribution in [0.25, 0.3) is 5.65 Å². The van der Waals surface area contributed by atoms with Gasteiger partial charge in [-0.3, -0.25) is 18.8 Å². The summed E-state index contributed by atoms with van der Waals surface area (Å²) in [5.41, 5.74) is 1.54. The van der Waals surface area contributed by atoms with E-state index < -0.39 is 28.4 Å². The molecule has 3 aromatic rings. The molecule has 0 aliphatic carbocycles. The number of hydrogen-bond donors (Lipinski definition) is 1. The van der Waals surface area contributed by atoms with Crippen LogP contribution in [0.4, 0.5) is 0 Å². The molecule has 11 heteroatoms. The molecule has 3 rings (SSSR count). The van der Waals surface area contributed by atoms with Gasteiger partial charge in [0.05, 0.1) is 10.6 Å². The van der Waals surface area contributed by atoms with Gasteiger partial charge < -0.3 is 10.1 Å². The lowest BCUT2D eigenvalue weighted by atomic mass is 10.2. The summed E-state index contributed by atoms with van der Waals surface area (Å²) in [4.78, 5) is 40.9. The van der Waals surface area contributed by atoms with E-state index in [4.69, 9.17) is 4.74 Å². The zero-order chi connectivity index (χ0) is 24.9. The van der Waals surface area contributed by atoms with Crippen molar-refractivity contribution in [2.75, 3.05) is 19.6 Å². The van der Waals surface area contributed by atoms with Gasteiger partial charge in [-0.2, -0.15) is 4.31 Å². The molecule has 0 saturated heterocycles. The van der Waals surface area contributed by atoms with Gasteiger partial charge in [0.15, 0.2) is 0 Å². The minimum atomic E-state index is -3.62. The Morgan fingerprint density at radius 3 is 2.41 bits per heavy atom. The third-order valence-corrected chi connectivity index (χ3v) is 7.16. The van der Waals surface area contributed by atoms with Crippen LogP contribution in [0.3, 0.4) is 0 Å². The van der Waals surface area contributed by atoms with Crippen molar-refractivity contribution in [1.82, 2.24) is 19.0 Å². The Hall–Kier alpha value is -3.57. The second kappa shape index (κ2) is 10.6. The number of nitrogens with one attached hydrogen (secondary N) is 1. The first-order chi connectivity index (χ1) is 16.1. The summed E-state index contributed by atoms with van der Waals surface area (Å²) in [6, 6.07) is 10.3.